The van der Waals surface area contributed by atoms with Gasteiger partial charge in [0, 0.05) is 18.8 Å². The van der Waals surface area contributed by atoms with Crippen molar-refractivity contribution in [3.8, 4) is 0 Å². The number of ether oxygens (including phenoxy) is 1. The molecule has 3 atom stereocenters. The number of aliphatic hydroxyl groups excluding tert-OH is 1. The summed E-state index contributed by atoms with van der Waals surface area (Å²) in [6, 6.07) is 0. The maximum atomic E-state index is 12.3. The van der Waals surface area contributed by atoms with Crippen molar-refractivity contribution in [2.45, 2.75) is 97.5 Å². The van der Waals surface area contributed by atoms with Gasteiger partial charge in [0.15, 0.2) is 0 Å². The largest absolute Gasteiger partial charge is 0.469 e. The highest BCUT2D eigenvalue weighted by molar-refractivity contribution is 5.83. The molecule has 1 N–H and O–H groups in total. The van der Waals surface area contributed by atoms with Gasteiger partial charge in [0.1, 0.15) is 5.78 Å². The second-order valence-corrected chi connectivity index (χ2v) is 8.73. The number of Topliss-reactive ketones (excluding diaryl/α,β-unsaturated/α-hetero) is 1. The zero-order chi connectivity index (χ0) is 20.3. The average molecular weight is 381 g/mol. The quantitative estimate of drug-likeness (QED) is 0.270. The molecule has 0 aromatic heterocycles. The maximum Gasteiger partial charge on any atom is 0.305 e. The van der Waals surface area contributed by atoms with Crippen LogP contribution in [0.4, 0.5) is 0 Å². The molecular formula is C23H40O4. The Morgan fingerprint density at radius 2 is 2.07 bits per heavy atom. The summed E-state index contributed by atoms with van der Waals surface area (Å²) in [6.45, 7) is 6.49. The molecule has 0 saturated heterocycles. The van der Waals surface area contributed by atoms with E-state index in [1.165, 1.54) is 7.11 Å². The average Bonchev–Trinajstić information content (AvgIpc) is 3.00. The molecule has 4 heteroatoms. The van der Waals surface area contributed by atoms with E-state index in [0.29, 0.717) is 24.5 Å². The minimum Gasteiger partial charge on any atom is -0.469 e. The minimum atomic E-state index is -0.297. The van der Waals surface area contributed by atoms with Gasteiger partial charge in [0.05, 0.1) is 13.2 Å². The van der Waals surface area contributed by atoms with Gasteiger partial charge in [-0.25, -0.2) is 0 Å². The molecule has 0 spiro atoms. The molecule has 4 nitrogen and oxygen atoms in total. The topological polar surface area (TPSA) is 63.6 Å². The Hall–Kier alpha value is -1.16. The van der Waals surface area contributed by atoms with E-state index >= 15 is 0 Å². The Bertz CT molecular complexity index is 481. The van der Waals surface area contributed by atoms with Crippen molar-refractivity contribution in [2.24, 2.45) is 17.3 Å². The number of rotatable bonds is 13. The molecule has 1 aliphatic carbocycles. The Morgan fingerprint density at radius 3 is 2.74 bits per heavy atom. The number of methoxy groups -OCH3 is 1. The molecule has 0 amide bonds. The molecule has 0 aliphatic heterocycles. The van der Waals surface area contributed by atoms with Crippen molar-refractivity contribution in [1.29, 1.82) is 0 Å². The summed E-state index contributed by atoms with van der Waals surface area (Å²) in [7, 11) is 1.41. The van der Waals surface area contributed by atoms with Gasteiger partial charge in [-0.2, -0.15) is 0 Å². The SMILES string of the molecule is CCCCC(C)(C)C(O)CCC1CCC(=O)C1CC=CCCCC(=O)OC. The van der Waals surface area contributed by atoms with Crippen LogP contribution in [-0.2, 0) is 14.3 Å². The smallest absolute Gasteiger partial charge is 0.305 e. The van der Waals surface area contributed by atoms with E-state index in [2.05, 4.69) is 37.7 Å². The highest BCUT2D eigenvalue weighted by Crippen LogP contribution is 2.37. The van der Waals surface area contributed by atoms with Gasteiger partial charge in [-0.15, -0.1) is 0 Å². The van der Waals surface area contributed by atoms with Gasteiger partial charge in [0.25, 0.3) is 0 Å². The summed E-state index contributed by atoms with van der Waals surface area (Å²) in [6.07, 6.45) is 13.4. The molecule has 0 radical (unpaired) electrons. The van der Waals surface area contributed by atoms with Crippen molar-refractivity contribution >= 4 is 11.8 Å². The van der Waals surface area contributed by atoms with Crippen molar-refractivity contribution in [3.63, 3.8) is 0 Å². The molecule has 0 heterocycles. The van der Waals surface area contributed by atoms with Crippen LogP contribution in [0.1, 0.15) is 91.4 Å². The van der Waals surface area contributed by atoms with E-state index in [0.717, 1.165) is 57.8 Å². The number of hydrogen-bond donors (Lipinski definition) is 1. The van der Waals surface area contributed by atoms with E-state index < -0.39 is 0 Å². The van der Waals surface area contributed by atoms with E-state index in [-0.39, 0.29) is 23.4 Å². The monoisotopic (exact) mass is 380 g/mol. The lowest BCUT2D eigenvalue weighted by Gasteiger charge is -2.31. The van der Waals surface area contributed by atoms with Crippen LogP contribution in [0.2, 0.25) is 0 Å². The Morgan fingerprint density at radius 1 is 1.33 bits per heavy atom. The van der Waals surface area contributed by atoms with Crippen molar-refractivity contribution < 1.29 is 19.4 Å². The first-order chi connectivity index (χ1) is 12.8. The van der Waals surface area contributed by atoms with Gasteiger partial charge in [0.2, 0.25) is 0 Å². The number of hydrogen-bond acceptors (Lipinski definition) is 4. The third kappa shape index (κ3) is 8.59. The number of ketones is 1. The third-order valence-corrected chi connectivity index (χ3v) is 6.17. The molecule has 0 bridgehead atoms. The Balaban J connectivity index is 2.40. The fourth-order valence-corrected chi connectivity index (χ4v) is 4.04. The molecule has 0 aromatic carbocycles. The zero-order valence-electron chi connectivity index (χ0n) is 17.8. The lowest BCUT2D eigenvalue weighted by molar-refractivity contribution is -0.140. The fourth-order valence-electron chi connectivity index (χ4n) is 4.04. The molecule has 156 valence electrons. The molecule has 1 fully saturated rings. The summed E-state index contributed by atoms with van der Waals surface area (Å²) >= 11 is 0. The second kappa shape index (κ2) is 12.3. The van der Waals surface area contributed by atoms with Gasteiger partial charge < -0.3 is 9.84 Å². The van der Waals surface area contributed by atoms with Crippen LogP contribution in [0.5, 0.6) is 0 Å². The fraction of sp³-hybridized carbons (Fsp3) is 0.826. The number of carbonyl (C=O) groups excluding carboxylic acids is 2. The van der Waals surface area contributed by atoms with Crippen LogP contribution in [-0.4, -0.2) is 30.1 Å². The van der Waals surface area contributed by atoms with Crippen molar-refractivity contribution in [1.82, 2.24) is 0 Å². The van der Waals surface area contributed by atoms with Crippen LogP contribution in [0.25, 0.3) is 0 Å². The molecule has 1 saturated carbocycles. The van der Waals surface area contributed by atoms with Crippen LogP contribution in [0, 0.1) is 17.3 Å². The first-order valence-electron chi connectivity index (χ1n) is 10.7. The number of allylic oxidation sites excluding steroid dienone is 2. The summed E-state index contributed by atoms with van der Waals surface area (Å²) in [5, 5.41) is 10.6. The molecule has 1 rings (SSSR count). The van der Waals surface area contributed by atoms with Gasteiger partial charge in [-0.05, 0) is 56.3 Å². The number of carbonyl (C=O) groups is 2. The van der Waals surface area contributed by atoms with Gasteiger partial charge >= 0.3 is 5.97 Å². The predicted molar refractivity (Wildman–Crippen MR) is 109 cm³/mol. The van der Waals surface area contributed by atoms with E-state index in [1.807, 2.05) is 0 Å². The predicted octanol–water partition coefficient (Wildman–Crippen LogP) is 5.23. The zero-order valence-corrected chi connectivity index (χ0v) is 17.8. The second-order valence-electron chi connectivity index (χ2n) is 8.73. The number of esters is 1. The first kappa shape index (κ1) is 23.9. The van der Waals surface area contributed by atoms with E-state index in [1.54, 1.807) is 0 Å². The summed E-state index contributed by atoms with van der Waals surface area (Å²) in [4.78, 5) is 23.3. The lowest BCUT2D eigenvalue weighted by atomic mass is 9.77. The van der Waals surface area contributed by atoms with Crippen LogP contribution in [0.3, 0.4) is 0 Å². The summed E-state index contributed by atoms with van der Waals surface area (Å²) in [5.41, 5.74) is -0.0480. The molecule has 1 aliphatic rings. The highest BCUT2D eigenvalue weighted by Gasteiger charge is 2.35. The van der Waals surface area contributed by atoms with Crippen LogP contribution in [0.15, 0.2) is 12.2 Å². The highest BCUT2D eigenvalue weighted by atomic mass is 16.5. The van der Waals surface area contributed by atoms with Gasteiger partial charge in [-0.3, -0.25) is 9.59 Å². The first-order valence-corrected chi connectivity index (χ1v) is 10.7. The van der Waals surface area contributed by atoms with Crippen LogP contribution < -0.4 is 0 Å². The molecule has 27 heavy (non-hydrogen) atoms. The maximum absolute atomic E-state index is 12.3. The normalized spacial score (nSPS) is 21.7. The van der Waals surface area contributed by atoms with Crippen LogP contribution >= 0.6 is 0 Å². The Kier molecular flexibility index (Phi) is 10.9. The number of unbranched alkanes of at least 4 members (excludes halogenated alkanes) is 2. The lowest BCUT2D eigenvalue weighted by Crippen LogP contribution is -2.30. The Labute approximate surface area is 165 Å². The van der Waals surface area contributed by atoms with Crippen molar-refractivity contribution in [3.05, 3.63) is 12.2 Å². The summed E-state index contributed by atoms with van der Waals surface area (Å²) < 4.78 is 4.63. The third-order valence-electron chi connectivity index (χ3n) is 6.17. The number of aliphatic hydroxyl groups is 1. The standard InChI is InChI=1S/C23H40O4/c1-5-6-17-23(2,3)21(25)16-14-18-13-15-20(24)19(18)11-9-7-8-10-12-22(26)27-4/h7,9,18-19,21,25H,5-6,8,10-17H2,1-4H3. The van der Waals surface area contributed by atoms with Crippen molar-refractivity contribution in [2.75, 3.05) is 7.11 Å². The molecular weight excluding hydrogens is 340 g/mol. The molecule has 0 aromatic rings. The molecule has 3 unspecified atom stereocenters. The van der Waals surface area contributed by atoms with E-state index in [4.69, 9.17) is 0 Å². The summed E-state index contributed by atoms with van der Waals surface area (Å²) in [5.74, 6) is 0.704. The van der Waals surface area contributed by atoms with E-state index in [9.17, 15) is 14.7 Å². The minimum absolute atomic E-state index is 0.0480. The van der Waals surface area contributed by atoms with Gasteiger partial charge in [-0.1, -0.05) is 45.8 Å².